The topological polar surface area (TPSA) is 78.4 Å². The molecule has 1 heterocycles. The molecule has 1 aliphatic rings. The first-order valence-corrected chi connectivity index (χ1v) is 6.91. The molecule has 0 radical (unpaired) electrons. The Morgan fingerprint density at radius 3 is 2.95 bits per heavy atom. The zero-order chi connectivity index (χ0) is 14.0. The summed E-state index contributed by atoms with van der Waals surface area (Å²) in [5, 5.41) is 15.0. The van der Waals surface area contributed by atoms with E-state index in [1.54, 1.807) is 26.0 Å². The number of aliphatic hydroxyl groups is 1. The van der Waals surface area contributed by atoms with Gasteiger partial charge in [-0.15, -0.1) is 11.8 Å². The molecule has 0 aromatic heterocycles. The van der Waals surface area contributed by atoms with Crippen LogP contribution in [0.5, 0.6) is 0 Å². The first kappa shape index (κ1) is 13.9. The van der Waals surface area contributed by atoms with Crippen molar-refractivity contribution in [1.29, 1.82) is 0 Å². The normalized spacial score (nSPS) is 14.6. The van der Waals surface area contributed by atoms with Crippen LogP contribution in [0, 0.1) is 0 Å². The van der Waals surface area contributed by atoms with E-state index in [0.29, 0.717) is 17.0 Å². The van der Waals surface area contributed by atoms with E-state index in [1.165, 1.54) is 11.8 Å². The van der Waals surface area contributed by atoms with Crippen LogP contribution in [-0.4, -0.2) is 34.8 Å². The Kier molecular flexibility index (Phi) is 3.82. The lowest BCUT2D eigenvalue weighted by Gasteiger charge is -2.19. The van der Waals surface area contributed by atoms with Gasteiger partial charge in [-0.05, 0) is 32.0 Å². The zero-order valence-electron chi connectivity index (χ0n) is 10.8. The number of hydrogen-bond acceptors (Lipinski definition) is 4. The quantitative estimate of drug-likeness (QED) is 0.778. The second kappa shape index (κ2) is 5.22. The third-order valence-corrected chi connectivity index (χ3v) is 3.63. The largest absolute Gasteiger partial charge is 0.389 e. The van der Waals surface area contributed by atoms with Gasteiger partial charge in [-0.2, -0.15) is 0 Å². The lowest BCUT2D eigenvalue weighted by atomic mass is 10.1. The molecule has 0 atom stereocenters. The Morgan fingerprint density at radius 2 is 2.26 bits per heavy atom. The number of benzene rings is 1. The summed E-state index contributed by atoms with van der Waals surface area (Å²) < 4.78 is 0. The van der Waals surface area contributed by atoms with Crippen LogP contribution >= 0.6 is 11.8 Å². The summed E-state index contributed by atoms with van der Waals surface area (Å²) in [7, 11) is 0. The summed E-state index contributed by atoms with van der Waals surface area (Å²) in [4.78, 5) is 24.2. The van der Waals surface area contributed by atoms with Crippen molar-refractivity contribution >= 4 is 29.3 Å². The zero-order valence-corrected chi connectivity index (χ0v) is 11.6. The highest BCUT2D eigenvalue weighted by Crippen LogP contribution is 2.31. The first-order chi connectivity index (χ1) is 8.85. The monoisotopic (exact) mass is 280 g/mol. The molecule has 0 spiro atoms. The molecular weight excluding hydrogens is 264 g/mol. The van der Waals surface area contributed by atoms with Crippen LogP contribution in [0.2, 0.25) is 0 Å². The SMILES string of the molecule is CC(C)(O)CNC(=O)c1ccc2c(c1)NC(=O)CS2. The summed E-state index contributed by atoms with van der Waals surface area (Å²) in [5.74, 6) is 0.0679. The highest BCUT2D eigenvalue weighted by atomic mass is 32.2. The van der Waals surface area contributed by atoms with Crippen molar-refractivity contribution in [3.63, 3.8) is 0 Å². The fourth-order valence-electron chi connectivity index (χ4n) is 1.62. The summed E-state index contributed by atoms with van der Waals surface area (Å²) in [6.45, 7) is 3.41. The van der Waals surface area contributed by atoms with Crippen LogP contribution in [0.3, 0.4) is 0 Å². The van der Waals surface area contributed by atoms with Gasteiger partial charge in [0.1, 0.15) is 0 Å². The van der Waals surface area contributed by atoms with E-state index in [-0.39, 0.29) is 18.4 Å². The van der Waals surface area contributed by atoms with E-state index in [1.807, 2.05) is 6.07 Å². The van der Waals surface area contributed by atoms with Gasteiger partial charge in [-0.25, -0.2) is 0 Å². The number of anilines is 1. The van der Waals surface area contributed by atoms with E-state index in [4.69, 9.17) is 0 Å². The summed E-state index contributed by atoms with van der Waals surface area (Å²) >= 11 is 1.45. The second-order valence-electron chi connectivity index (χ2n) is 5.04. The maximum absolute atomic E-state index is 11.9. The molecule has 6 heteroatoms. The van der Waals surface area contributed by atoms with Gasteiger partial charge < -0.3 is 15.7 Å². The van der Waals surface area contributed by atoms with E-state index < -0.39 is 5.60 Å². The number of carbonyl (C=O) groups excluding carboxylic acids is 2. The van der Waals surface area contributed by atoms with Gasteiger partial charge in [0.2, 0.25) is 5.91 Å². The Bertz CT molecular complexity index is 523. The van der Waals surface area contributed by atoms with Crippen LogP contribution in [0.4, 0.5) is 5.69 Å². The number of fused-ring (bicyclic) bond motifs is 1. The molecular formula is C13H16N2O3S. The van der Waals surface area contributed by atoms with E-state index in [9.17, 15) is 14.7 Å². The molecule has 1 aromatic rings. The van der Waals surface area contributed by atoms with Crippen molar-refractivity contribution in [2.75, 3.05) is 17.6 Å². The van der Waals surface area contributed by atoms with Crippen LogP contribution in [0.15, 0.2) is 23.1 Å². The fourth-order valence-corrected chi connectivity index (χ4v) is 2.41. The van der Waals surface area contributed by atoms with Gasteiger partial charge in [0.15, 0.2) is 0 Å². The van der Waals surface area contributed by atoms with Gasteiger partial charge in [0.25, 0.3) is 5.91 Å². The first-order valence-electron chi connectivity index (χ1n) is 5.92. The minimum atomic E-state index is -0.950. The molecule has 1 aliphatic heterocycles. The van der Waals surface area contributed by atoms with Crippen molar-refractivity contribution in [2.24, 2.45) is 0 Å². The molecule has 2 amide bonds. The van der Waals surface area contributed by atoms with Crippen molar-refractivity contribution < 1.29 is 14.7 Å². The predicted molar refractivity (Wildman–Crippen MR) is 74.4 cm³/mol. The summed E-state index contributed by atoms with van der Waals surface area (Å²) in [5.41, 5.74) is 0.177. The number of amides is 2. The molecule has 1 aromatic carbocycles. The molecule has 0 saturated heterocycles. The molecule has 5 nitrogen and oxygen atoms in total. The molecule has 3 N–H and O–H groups in total. The molecule has 0 bridgehead atoms. The molecule has 2 rings (SSSR count). The van der Waals surface area contributed by atoms with Gasteiger partial charge in [-0.1, -0.05) is 0 Å². The molecule has 0 fully saturated rings. The average Bonchev–Trinajstić information content (AvgIpc) is 2.34. The Morgan fingerprint density at radius 1 is 1.53 bits per heavy atom. The van der Waals surface area contributed by atoms with Crippen LogP contribution in [0.1, 0.15) is 24.2 Å². The number of thioether (sulfide) groups is 1. The van der Waals surface area contributed by atoms with Crippen molar-refractivity contribution in [3.8, 4) is 0 Å². The lowest BCUT2D eigenvalue weighted by molar-refractivity contribution is -0.113. The third kappa shape index (κ3) is 3.71. The third-order valence-electron chi connectivity index (χ3n) is 2.56. The Hall–Kier alpha value is -1.53. The number of carbonyl (C=O) groups is 2. The molecule has 0 saturated carbocycles. The fraction of sp³-hybridized carbons (Fsp3) is 0.385. The summed E-state index contributed by atoms with van der Waals surface area (Å²) in [6, 6.07) is 5.18. The predicted octanol–water partition coefficient (Wildman–Crippen LogP) is 1.23. The standard InChI is InChI=1S/C13H16N2O3S/c1-13(2,18)7-14-12(17)8-3-4-10-9(5-8)15-11(16)6-19-10/h3-5,18H,6-7H2,1-2H3,(H,14,17)(H,15,16). The van der Waals surface area contributed by atoms with Crippen molar-refractivity contribution in [3.05, 3.63) is 23.8 Å². The number of rotatable bonds is 3. The van der Waals surface area contributed by atoms with Gasteiger partial charge in [0, 0.05) is 17.0 Å². The van der Waals surface area contributed by atoms with Gasteiger partial charge >= 0.3 is 0 Å². The van der Waals surface area contributed by atoms with Gasteiger partial charge in [0.05, 0.1) is 17.0 Å². The summed E-state index contributed by atoms with van der Waals surface area (Å²) in [6.07, 6.45) is 0. The van der Waals surface area contributed by atoms with Crippen molar-refractivity contribution in [1.82, 2.24) is 5.32 Å². The maximum Gasteiger partial charge on any atom is 0.251 e. The Balaban J connectivity index is 2.11. The van der Waals surface area contributed by atoms with Crippen LogP contribution in [0.25, 0.3) is 0 Å². The van der Waals surface area contributed by atoms with Crippen LogP contribution < -0.4 is 10.6 Å². The minimum Gasteiger partial charge on any atom is -0.389 e. The average molecular weight is 280 g/mol. The van der Waals surface area contributed by atoms with Crippen LogP contribution in [-0.2, 0) is 4.79 Å². The molecule has 19 heavy (non-hydrogen) atoms. The number of nitrogens with one attached hydrogen (secondary N) is 2. The van der Waals surface area contributed by atoms with Gasteiger partial charge in [-0.3, -0.25) is 9.59 Å². The molecule has 0 unspecified atom stereocenters. The maximum atomic E-state index is 11.9. The second-order valence-corrected chi connectivity index (χ2v) is 6.06. The lowest BCUT2D eigenvalue weighted by Crippen LogP contribution is -2.38. The molecule has 0 aliphatic carbocycles. The minimum absolute atomic E-state index is 0.0634. The van der Waals surface area contributed by atoms with Crippen molar-refractivity contribution in [2.45, 2.75) is 24.3 Å². The highest BCUT2D eigenvalue weighted by molar-refractivity contribution is 8.00. The Labute approximate surface area is 115 Å². The highest BCUT2D eigenvalue weighted by Gasteiger charge is 2.18. The van der Waals surface area contributed by atoms with E-state index in [0.717, 1.165) is 4.90 Å². The van der Waals surface area contributed by atoms with E-state index in [2.05, 4.69) is 10.6 Å². The smallest absolute Gasteiger partial charge is 0.251 e. The van der Waals surface area contributed by atoms with E-state index >= 15 is 0 Å². The molecule has 102 valence electrons. The number of hydrogen-bond donors (Lipinski definition) is 3.